The smallest absolute Gasteiger partial charge is 0.261 e. The number of nitrogens with zero attached hydrogens (tertiary/aromatic N) is 2. The number of aliphatic hydroxyl groups excluding tert-OH is 1. The van der Waals surface area contributed by atoms with Crippen molar-refractivity contribution in [2.75, 3.05) is 36.7 Å². The Labute approximate surface area is 188 Å². The van der Waals surface area contributed by atoms with E-state index >= 15 is 0 Å². The SMILES string of the molecule is CCCCNc1ncc(C(=O)Nc2cc(OC)ccc2OC)c(N[C@H]2CC[C@H](O)CC2)n1. The van der Waals surface area contributed by atoms with Gasteiger partial charge in [-0.3, -0.25) is 4.79 Å². The zero-order valence-electron chi connectivity index (χ0n) is 19.0. The van der Waals surface area contributed by atoms with Gasteiger partial charge < -0.3 is 30.5 Å². The van der Waals surface area contributed by atoms with E-state index in [2.05, 4.69) is 32.8 Å². The van der Waals surface area contributed by atoms with E-state index in [-0.39, 0.29) is 18.1 Å². The van der Waals surface area contributed by atoms with Gasteiger partial charge in [0, 0.05) is 24.8 Å². The third-order valence-electron chi connectivity index (χ3n) is 5.54. The lowest BCUT2D eigenvalue weighted by molar-refractivity contribution is 0.102. The second kappa shape index (κ2) is 11.5. The third kappa shape index (κ3) is 6.23. The molecular formula is C23H33N5O4. The quantitative estimate of drug-likeness (QED) is 0.411. The van der Waals surface area contributed by atoms with Crippen molar-refractivity contribution in [3.05, 3.63) is 30.0 Å². The van der Waals surface area contributed by atoms with Gasteiger partial charge in [-0.2, -0.15) is 4.98 Å². The number of anilines is 3. The van der Waals surface area contributed by atoms with Gasteiger partial charge in [0.15, 0.2) is 0 Å². The number of carbonyl (C=O) groups is 1. The number of aliphatic hydroxyl groups is 1. The van der Waals surface area contributed by atoms with Gasteiger partial charge in [-0.15, -0.1) is 0 Å². The molecule has 1 saturated carbocycles. The molecular weight excluding hydrogens is 410 g/mol. The van der Waals surface area contributed by atoms with E-state index in [0.717, 1.165) is 45.1 Å². The summed E-state index contributed by atoms with van der Waals surface area (Å²) in [6.07, 6.45) is 6.43. The molecule has 1 aliphatic rings. The average molecular weight is 444 g/mol. The number of hydrogen-bond donors (Lipinski definition) is 4. The molecule has 1 fully saturated rings. The van der Waals surface area contributed by atoms with Crippen LogP contribution in [-0.2, 0) is 0 Å². The summed E-state index contributed by atoms with van der Waals surface area (Å²) in [7, 11) is 3.11. The van der Waals surface area contributed by atoms with Gasteiger partial charge in [0.1, 0.15) is 22.9 Å². The van der Waals surface area contributed by atoms with Crippen LogP contribution in [0.25, 0.3) is 0 Å². The highest BCUT2D eigenvalue weighted by Gasteiger charge is 2.23. The minimum Gasteiger partial charge on any atom is -0.497 e. The van der Waals surface area contributed by atoms with Gasteiger partial charge in [-0.25, -0.2) is 4.98 Å². The van der Waals surface area contributed by atoms with Crippen LogP contribution in [-0.4, -0.2) is 53.9 Å². The number of nitrogens with one attached hydrogen (secondary N) is 3. The molecule has 1 aromatic carbocycles. The molecule has 0 atom stereocenters. The van der Waals surface area contributed by atoms with Crippen LogP contribution >= 0.6 is 0 Å². The molecule has 4 N–H and O–H groups in total. The molecule has 3 rings (SSSR count). The van der Waals surface area contributed by atoms with E-state index in [0.29, 0.717) is 34.5 Å². The first-order valence-corrected chi connectivity index (χ1v) is 11.1. The molecule has 1 aromatic heterocycles. The second-order valence-corrected chi connectivity index (χ2v) is 7.91. The lowest BCUT2D eigenvalue weighted by atomic mass is 9.93. The second-order valence-electron chi connectivity index (χ2n) is 7.91. The summed E-state index contributed by atoms with van der Waals surface area (Å²) in [5.41, 5.74) is 0.829. The Balaban J connectivity index is 1.84. The van der Waals surface area contributed by atoms with Gasteiger partial charge in [-0.1, -0.05) is 13.3 Å². The lowest BCUT2D eigenvalue weighted by Gasteiger charge is -2.27. The molecule has 1 aliphatic carbocycles. The molecule has 32 heavy (non-hydrogen) atoms. The Morgan fingerprint density at radius 3 is 2.66 bits per heavy atom. The van der Waals surface area contributed by atoms with Crippen molar-refractivity contribution < 1.29 is 19.4 Å². The van der Waals surface area contributed by atoms with Gasteiger partial charge >= 0.3 is 0 Å². The van der Waals surface area contributed by atoms with E-state index in [4.69, 9.17) is 9.47 Å². The largest absolute Gasteiger partial charge is 0.497 e. The van der Waals surface area contributed by atoms with Crippen molar-refractivity contribution in [2.24, 2.45) is 0 Å². The highest BCUT2D eigenvalue weighted by Crippen LogP contribution is 2.30. The van der Waals surface area contributed by atoms with Crippen molar-refractivity contribution in [3.8, 4) is 11.5 Å². The van der Waals surface area contributed by atoms with E-state index in [1.165, 1.54) is 6.20 Å². The number of benzene rings is 1. The number of hydrogen-bond acceptors (Lipinski definition) is 8. The molecule has 0 saturated heterocycles. The van der Waals surface area contributed by atoms with Crippen LogP contribution in [0.15, 0.2) is 24.4 Å². The fourth-order valence-electron chi connectivity index (χ4n) is 3.64. The predicted molar refractivity (Wildman–Crippen MR) is 125 cm³/mol. The normalized spacial score (nSPS) is 18.0. The van der Waals surface area contributed by atoms with Crippen molar-refractivity contribution >= 4 is 23.4 Å². The molecule has 174 valence electrons. The fourth-order valence-corrected chi connectivity index (χ4v) is 3.64. The summed E-state index contributed by atoms with van der Waals surface area (Å²) >= 11 is 0. The maximum absolute atomic E-state index is 13.2. The minimum atomic E-state index is -0.352. The van der Waals surface area contributed by atoms with Crippen LogP contribution in [0.5, 0.6) is 11.5 Å². The Hall–Kier alpha value is -3.07. The highest BCUT2D eigenvalue weighted by atomic mass is 16.5. The summed E-state index contributed by atoms with van der Waals surface area (Å²) in [6.45, 7) is 2.88. The summed E-state index contributed by atoms with van der Waals surface area (Å²) in [6, 6.07) is 5.33. The molecule has 2 aromatic rings. The molecule has 0 unspecified atom stereocenters. The van der Waals surface area contributed by atoms with Gasteiger partial charge in [0.2, 0.25) is 5.95 Å². The molecule has 1 amide bonds. The van der Waals surface area contributed by atoms with Crippen molar-refractivity contribution in [1.82, 2.24) is 9.97 Å². The van der Waals surface area contributed by atoms with Crippen molar-refractivity contribution in [3.63, 3.8) is 0 Å². The van der Waals surface area contributed by atoms with Crippen molar-refractivity contribution in [2.45, 2.75) is 57.6 Å². The summed E-state index contributed by atoms with van der Waals surface area (Å²) < 4.78 is 10.6. The number of carbonyl (C=O) groups excluding carboxylic acids is 1. The molecule has 0 radical (unpaired) electrons. The zero-order valence-corrected chi connectivity index (χ0v) is 19.0. The Morgan fingerprint density at radius 1 is 1.19 bits per heavy atom. The molecule has 0 spiro atoms. The van der Waals surface area contributed by atoms with E-state index in [1.54, 1.807) is 32.4 Å². The van der Waals surface area contributed by atoms with Crippen LogP contribution in [0.2, 0.25) is 0 Å². The number of amides is 1. The molecule has 9 nitrogen and oxygen atoms in total. The van der Waals surface area contributed by atoms with Gasteiger partial charge in [-0.05, 0) is 44.2 Å². The first kappa shape index (κ1) is 23.6. The summed E-state index contributed by atoms with van der Waals surface area (Å²) in [4.78, 5) is 22.1. The molecule has 0 bridgehead atoms. The van der Waals surface area contributed by atoms with E-state index in [9.17, 15) is 9.90 Å². The third-order valence-corrected chi connectivity index (χ3v) is 5.54. The first-order valence-electron chi connectivity index (χ1n) is 11.1. The Morgan fingerprint density at radius 2 is 1.97 bits per heavy atom. The number of ether oxygens (including phenoxy) is 2. The van der Waals surface area contributed by atoms with Crippen LogP contribution in [0.1, 0.15) is 55.8 Å². The lowest BCUT2D eigenvalue weighted by Crippen LogP contribution is -2.30. The average Bonchev–Trinajstić information content (AvgIpc) is 2.80. The maximum Gasteiger partial charge on any atom is 0.261 e. The van der Waals surface area contributed by atoms with E-state index in [1.807, 2.05) is 0 Å². The zero-order chi connectivity index (χ0) is 22.9. The monoisotopic (exact) mass is 443 g/mol. The Kier molecular flexibility index (Phi) is 8.49. The number of methoxy groups -OCH3 is 2. The van der Waals surface area contributed by atoms with Crippen LogP contribution in [0.4, 0.5) is 17.5 Å². The predicted octanol–water partition coefficient (Wildman–Crippen LogP) is 3.67. The topological polar surface area (TPSA) is 118 Å². The molecule has 0 aliphatic heterocycles. The number of unbranched alkanes of at least 4 members (excludes halogenated alkanes) is 1. The molecule has 1 heterocycles. The van der Waals surface area contributed by atoms with E-state index < -0.39 is 0 Å². The van der Waals surface area contributed by atoms with Gasteiger partial charge in [0.25, 0.3) is 5.91 Å². The van der Waals surface area contributed by atoms with Crippen LogP contribution < -0.4 is 25.4 Å². The van der Waals surface area contributed by atoms with Crippen molar-refractivity contribution in [1.29, 1.82) is 0 Å². The fraction of sp³-hybridized carbons (Fsp3) is 0.522. The van der Waals surface area contributed by atoms with Crippen LogP contribution in [0, 0.1) is 0 Å². The van der Waals surface area contributed by atoms with Gasteiger partial charge in [0.05, 0.1) is 26.0 Å². The number of aromatic nitrogens is 2. The maximum atomic E-state index is 13.2. The summed E-state index contributed by atoms with van der Waals surface area (Å²) in [5.74, 6) is 1.72. The Bertz CT molecular complexity index is 900. The number of rotatable bonds is 10. The summed E-state index contributed by atoms with van der Waals surface area (Å²) in [5, 5.41) is 19.3. The highest BCUT2D eigenvalue weighted by molar-refractivity contribution is 6.08. The molecule has 9 heteroatoms. The first-order chi connectivity index (χ1) is 15.5. The van der Waals surface area contributed by atoms with Crippen LogP contribution in [0.3, 0.4) is 0 Å². The standard InChI is InChI=1S/C23H33N5O4/c1-4-5-12-24-23-25-14-18(21(28-23)26-15-6-8-16(29)9-7-15)22(30)27-19-13-17(31-2)10-11-20(19)32-3/h10-11,13-16,29H,4-9,12H2,1-3H3,(H,27,30)(H2,24,25,26,28)/t15-,16-. The minimum absolute atomic E-state index is 0.134.